The topological polar surface area (TPSA) is 0 Å². The summed E-state index contributed by atoms with van der Waals surface area (Å²) in [4.78, 5) is 0. The molecule has 226 valence electrons. The average molecular weight is 616 g/mol. The van der Waals surface area contributed by atoms with Crippen molar-refractivity contribution in [3.63, 3.8) is 0 Å². The Hall–Kier alpha value is 1.18. The second-order valence-electron chi connectivity index (χ2n) is 15.8. The molecule has 0 heterocycles. The third-order valence-electron chi connectivity index (χ3n) is 14.3. The van der Waals surface area contributed by atoms with Crippen molar-refractivity contribution in [3.05, 3.63) is 11.6 Å². The molecule has 39 heavy (non-hydrogen) atoms. The maximum absolute atomic E-state index is 8.74. The predicted octanol–water partition coefficient (Wildman–Crippen LogP) is 13.0. The first kappa shape index (κ1) is 30.2. The van der Waals surface area contributed by atoms with Crippen LogP contribution in [0.25, 0.3) is 0 Å². The zero-order chi connectivity index (χ0) is 27.0. The van der Waals surface area contributed by atoms with E-state index in [-0.39, 0.29) is 0 Å². The van der Waals surface area contributed by atoms with E-state index in [1.807, 2.05) is 0 Å². The summed E-state index contributed by atoms with van der Waals surface area (Å²) >= 11 is 17.5. The molecule has 0 aromatic rings. The molecular formula is C35H62Cl2P2. The van der Waals surface area contributed by atoms with E-state index in [4.69, 9.17) is 22.5 Å². The molecule has 0 saturated heterocycles. The SMILES string of the molecule is CC(=CCP(Cl)(C1CCCC1)(C1CCCC1)C1CCCC1)CP(Cl)(C1CCCC1)(C1CCCC1)C1CCCC1. The van der Waals surface area contributed by atoms with Crippen LogP contribution in [0.3, 0.4) is 0 Å². The number of hydrogen-bond acceptors (Lipinski definition) is 0. The van der Waals surface area contributed by atoms with Gasteiger partial charge in [0.15, 0.2) is 0 Å². The molecule has 0 aromatic heterocycles. The Labute approximate surface area is 252 Å². The van der Waals surface area contributed by atoms with Crippen LogP contribution in [0.15, 0.2) is 11.6 Å². The van der Waals surface area contributed by atoms with Crippen LogP contribution in [-0.2, 0) is 0 Å². The average Bonchev–Trinajstić information content (AvgIpc) is 3.80. The van der Waals surface area contributed by atoms with E-state index in [1.54, 1.807) is 5.57 Å². The zero-order valence-electron chi connectivity index (χ0n) is 25.6. The van der Waals surface area contributed by atoms with Gasteiger partial charge in [0, 0.05) is 0 Å². The van der Waals surface area contributed by atoms with Crippen molar-refractivity contribution < 1.29 is 0 Å². The summed E-state index contributed by atoms with van der Waals surface area (Å²) in [7, 11) is 0. The van der Waals surface area contributed by atoms with Crippen molar-refractivity contribution in [2.75, 3.05) is 12.3 Å². The van der Waals surface area contributed by atoms with Crippen molar-refractivity contribution in [3.8, 4) is 0 Å². The molecule has 0 N–H and O–H groups in total. The van der Waals surface area contributed by atoms with E-state index < -0.39 is 11.9 Å². The van der Waals surface area contributed by atoms with Gasteiger partial charge in [-0.3, -0.25) is 0 Å². The first-order chi connectivity index (χ1) is 18.9. The number of allylic oxidation sites excluding steroid dienone is 2. The molecule has 6 fully saturated rings. The van der Waals surface area contributed by atoms with Gasteiger partial charge in [-0.25, -0.2) is 0 Å². The van der Waals surface area contributed by atoms with Crippen LogP contribution in [0.2, 0.25) is 0 Å². The molecule has 0 radical (unpaired) electrons. The fourth-order valence-corrected chi connectivity index (χ4v) is 33.0. The van der Waals surface area contributed by atoms with Crippen molar-refractivity contribution in [1.82, 2.24) is 0 Å². The van der Waals surface area contributed by atoms with E-state index in [0.717, 1.165) is 34.0 Å². The van der Waals surface area contributed by atoms with Gasteiger partial charge in [-0.15, -0.1) is 0 Å². The second-order valence-corrected chi connectivity index (χ2v) is 31.5. The molecular weight excluding hydrogens is 553 g/mol. The molecule has 0 atom stereocenters. The van der Waals surface area contributed by atoms with Crippen LogP contribution in [-0.4, -0.2) is 46.3 Å². The molecule has 0 nitrogen and oxygen atoms in total. The first-order valence-electron chi connectivity index (χ1n) is 18.0. The van der Waals surface area contributed by atoms with Gasteiger partial charge in [0.05, 0.1) is 0 Å². The van der Waals surface area contributed by atoms with E-state index in [1.165, 1.54) is 166 Å². The summed E-state index contributed by atoms with van der Waals surface area (Å²) in [5, 5.41) is 0. The van der Waals surface area contributed by atoms with Gasteiger partial charge >= 0.3 is 253 Å². The van der Waals surface area contributed by atoms with Crippen molar-refractivity contribution >= 4 is 34.4 Å². The van der Waals surface area contributed by atoms with Crippen molar-refractivity contribution in [1.29, 1.82) is 0 Å². The van der Waals surface area contributed by atoms with Crippen LogP contribution in [0.5, 0.6) is 0 Å². The third kappa shape index (κ3) is 4.99. The number of halogens is 2. The predicted molar refractivity (Wildman–Crippen MR) is 183 cm³/mol. The van der Waals surface area contributed by atoms with Crippen molar-refractivity contribution in [2.24, 2.45) is 0 Å². The van der Waals surface area contributed by atoms with Crippen molar-refractivity contribution in [2.45, 2.75) is 195 Å². The second kappa shape index (κ2) is 11.9. The molecule has 0 amide bonds. The Morgan fingerprint density at radius 1 is 0.462 bits per heavy atom. The molecule has 6 aliphatic carbocycles. The molecule has 6 rings (SSSR count). The third-order valence-corrected chi connectivity index (χ3v) is 35.0. The standard InChI is InChI=1S/C35H62Cl2P2/c1-29(28-39(37,33-20-8-9-21-33,34-22-10-11-23-34)35-24-12-13-25-35)26-27-38(36,30-14-2-3-15-30,31-16-4-5-17-31)32-18-6-7-19-32/h26,30-35H,2-25,27-28H2,1H3. The molecule has 6 aliphatic rings. The minimum absolute atomic E-state index is 0.859. The molecule has 6 saturated carbocycles. The molecule has 0 aliphatic heterocycles. The summed E-state index contributed by atoms with van der Waals surface area (Å²) in [5.41, 5.74) is 6.86. The molecule has 0 bridgehead atoms. The Bertz CT molecular complexity index is 774. The normalized spacial score (nSPS) is 30.4. The fraction of sp³-hybridized carbons (Fsp3) is 0.943. The van der Waals surface area contributed by atoms with Gasteiger partial charge in [0.2, 0.25) is 0 Å². The van der Waals surface area contributed by atoms with Gasteiger partial charge in [-0.05, 0) is 0 Å². The van der Waals surface area contributed by atoms with Crippen LogP contribution in [0.1, 0.15) is 161 Å². The van der Waals surface area contributed by atoms with Crippen LogP contribution < -0.4 is 0 Å². The van der Waals surface area contributed by atoms with Crippen LogP contribution in [0, 0.1) is 0 Å². The van der Waals surface area contributed by atoms with E-state index in [0.29, 0.717) is 0 Å². The minimum atomic E-state index is -2.42. The summed E-state index contributed by atoms with van der Waals surface area (Å²) in [5.74, 6) is -4.82. The Balaban J connectivity index is 1.38. The monoisotopic (exact) mass is 614 g/mol. The Morgan fingerprint density at radius 3 is 0.949 bits per heavy atom. The summed E-state index contributed by atoms with van der Waals surface area (Å²) < 4.78 is 0. The summed E-state index contributed by atoms with van der Waals surface area (Å²) in [6, 6.07) is 0. The van der Waals surface area contributed by atoms with Crippen LogP contribution in [0.4, 0.5) is 0 Å². The Kier molecular flexibility index (Phi) is 9.25. The van der Waals surface area contributed by atoms with E-state index in [2.05, 4.69) is 13.0 Å². The summed E-state index contributed by atoms with van der Waals surface area (Å²) in [6.07, 6.45) is 40.1. The maximum atomic E-state index is 8.74. The van der Waals surface area contributed by atoms with Gasteiger partial charge in [-0.1, -0.05) is 0 Å². The van der Waals surface area contributed by atoms with E-state index >= 15 is 0 Å². The molecule has 0 unspecified atom stereocenters. The number of hydrogen-bond donors (Lipinski definition) is 0. The first-order valence-corrected chi connectivity index (χ1v) is 25.0. The molecule has 0 spiro atoms. The fourth-order valence-electron chi connectivity index (χ4n) is 12.5. The van der Waals surface area contributed by atoms with Gasteiger partial charge in [0.25, 0.3) is 0 Å². The zero-order valence-corrected chi connectivity index (χ0v) is 28.9. The number of rotatable bonds is 10. The quantitative estimate of drug-likeness (QED) is 0.169. The van der Waals surface area contributed by atoms with Gasteiger partial charge in [-0.2, -0.15) is 0 Å². The Morgan fingerprint density at radius 2 is 0.692 bits per heavy atom. The van der Waals surface area contributed by atoms with Gasteiger partial charge in [0.1, 0.15) is 0 Å². The molecule has 4 heteroatoms. The summed E-state index contributed by atoms with van der Waals surface area (Å²) in [6.45, 7) is 2.55. The van der Waals surface area contributed by atoms with Gasteiger partial charge < -0.3 is 0 Å². The molecule has 0 aromatic carbocycles. The van der Waals surface area contributed by atoms with E-state index in [9.17, 15) is 0 Å². The van der Waals surface area contributed by atoms with Crippen LogP contribution >= 0.6 is 34.4 Å².